The average Bonchev–Trinajstić information content (AvgIpc) is 3.95. The van der Waals surface area contributed by atoms with Gasteiger partial charge in [-0.05, 0) is 112 Å². The first-order chi connectivity index (χ1) is 21.5. The Morgan fingerprint density at radius 3 is 2.60 bits per heavy atom. The normalized spacial score (nSPS) is 25.1. The van der Waals surface area contributed by atoms with Gasteiger partial charge in [0, 0.05) is 30.9 Å². The second-order valence-electron chi connectivity index (χ2n) is 14.2. The predicted molar refractivity (Wildman–Crippen MR) is 166 cm³/mol. The van der Waals surface area contributed by atoms with Crippen LogP contribution < -0.4 is 19.7 Å². The number of sulfonamides is 1. The van der Waals surface area contributed by atoms with E-state index in [0.29, 0.717) is 59.8 Å². The van der Waals surface area contributed by atoms with Gasteiger partial charge in [0.05, 0.1) is 12.2 Å². The summed E-state index contributed by atoms with van der Waals surface area (Å²) >= 11 is 0. The van der Waals surface area contributed by atoms with Gasteiger partial charge in [-0.1, -0.05) is 0 Å². The number of anilines is 2. The Morgan fingerprint density at radius 2 is 1.84 bits per heavy atom. The van der Waals surface area contributed by atoms with Gasteiger partial charge in [0.2, 0.25) is 10.9 Å². The van der Waals surface area contributed by atoms with Crippen LogP contribution in [0.15, 0.2) is 41.6 Å². The van der Waals surface area contributed by atoms with Crippen molar-refractivity contribution in [1.82, 2.24) is 24.5 Å². The quantitative estimate of drug-likeness (QED) is 0.372. The third-order valence-electron chi connectivity index (χ3n) is 11.0. The van der Waals surface area contributed by atoms with Crippen LogP contribution in [0.5, 0.6) is 11.6 Å². The van der Waals surface area contributed by atoms with Crippen LogP contribution in [0.2, 0.25) is 0 Å². The van der Waals surface area contributed by atoms with Gasteiger partial charge in [0.15, 0.2) is 11.6 Å². The van der Waals surface area contributed by atoms with Crippen molar-refractivity contribution in [3.05, 3.63) is 42.1 Å². The van der Waals surface area contributed by atoms with E-state index in [9.17, 15) is 18.3 Å². The SMILES string of the molecule is CC1(C)C[C@@H]2CCCNc3ccc(O)c(n3)S(=O)(=O)NC(=O)c3ccc(-n4ccc(OCCC5C6(CC6)C56CC6)n4)nc3N1C2. The molecule has 238 valence electrons. The summed E-state index contributed by atoms with van der Waals surface area (Å²) in [6.07, 6.45) is 11.1. The average molecular weight is 634 g/mol. The van der Waals surface area contributed by atoms with Crippen molar-refractivity contribution < 1.29 is 23.1 Å². The highest BCUT2D eigenvalue weighted by molar-refractivity contribution is 7.90. The molecule has 3 aromatic heterocycles. The standard InChI is InChI=1S/C32H39N7O5S/c1-30(2)18-20-4-3-15-33-24-7-6-22(40)29(34-24)45(42,43)37-28(41)21-5-8-25(35-27(21)38(30)19-20)39-16-9-26(36-39)44-17-10-23-31(11-12-31)32(23)13-14-32/h5-9,16,20,23,40H,3-4,10-15,17-19H2,1-2H3,(H,33,34)(H,37,41)/t20-/m0/s1. The minimum absolute atomic E-state index is 0.107. The summed E-state index contributed by atoms with van der Waals surface area (Å²) in [7, 11) is -4.50. The summed E-state index contributed by atoms with van der Waals surface area (Å²) in [5.41, 5.74) is 1.08. The molecule has 5 aliphatic rings. The van der Waals surface area contributed by atoms with Gasteiger partial charge >= 0.3 is 0 Å². The fraction of sp³-hybridized carbons (Fsp3) is 0.562. The Balaban J connectivity index is 1.08. The van der Waals surface area contributed by atoms with E-state index in [1.165, 1.54) is 37.8 Å². The van der Waals surface area contributed by atoms with Crippen LogP contribution in [-0.2, 0) is 10.0 Å². The third-order valence-corrected chi connectivity index (χ3v) is 12.3. The van der Waals surface area contributed by atoms with Gasteiger partial charge in [-0.3, -0.25) is 4.79 Å². The molecule has 8 rings (SSSR count). The molecule has 2 spiro atoms. The van der Waals surface area contributed by atoms with Crippen molar-refractivity contribution in [3.8, 4) is 17.4 Å². The van der Waals surface area contributed by atoms with Crippen LogP contribution >= 0.6 is 0 Å². The summed E-state index contributed by atoms with van der Waals surface area (Å²) < 4.78 is 36.4. The van der Waals surface area contributed by atoms with Crippen molar-refractivity contribution in [2.75, 3.05) is 29.9 Å². The van der Waals surface area contributed by atoms with Gasteiger partial charge < -0.3 is 20.1 Å². The molecule has 3 aliphatic carbocycles. The van der Waals surface area contributed by atoms with Crippen molar-refractivity contribution in [3.63, 3.8) is 0 Å². The van der Waals surface area contributed by atoms with Crippen LogP contribution in [0, 0.1) is 22.7 Å². The van der Waals surface area contributed by atoms with E-state index in [2.05, 4.69) is 38.9 Å². The number of carbonyl (C=O) groups excluding carboxylic acids is 1. The number of hydrogen-bond donors (Lipinski definition) is 3. The maximum atomic E-state index is 13.7. The second-order valence-corrected chi connectivity index (χ2v) is 15.8. The first-order valence-electron chi connectivity index (χ1n) is 16.0. The van der Waals surface area contributed by atoms with E-state index in [1.54, 1.807) is 23.0 Å². The molecular formula is C32H39N7O5S. The molecular weight excluding hydrogens is 594 g/mol. The zero-order valence-corrected chi connectivity index (χ0v) is 26.4. The van der Waals surface area contributed by atoms with Crippen LogP contribution in [0.1, 0.15) is 75.6 Å². The van der Waals surface area contributed by atoms with E-state index in [1.807, 2.05) is 6.07 Å². The maximum Gasteiger partial charge on any atom is 0.285 e. The largest absolute Gasteiger partial charge is 0.505 e. The summed E-state index contributed by atoms with van der Waals surface area (Å²) in [5, 5.41) is 17.5. The fourth-order valence-corrected chi connectivity index (χ4v) is 9.62. The lowest BCUT2D eigenvalue weighted by Crippen LogP contribution is -2.41. The topological polar surface area (TPSA) is 152 Å². The Kier molecular flexibility index (Phi) is 6.24. The number of ether oxygens (including phenoxy) is 1. The molecule has 4 bridgehead atoms. The lowest BCUT2D eigenvalue weighted by Gasteiger charge is -2.34. The van der Waals surface area contributed by atoms with Crippen LogP contribution in [0.4, 0.5) is 11.6 Å². The highest BCUT2D eigenvalue weighted by atomic mass is 32.2. The second kappa shape index (κ2) is 9.81. The van der Waals surface area contributed by atoms with E-state index in [-0.39, 0.29) is 11.1 Å². The molecule has 0 unspecified atom stereocenters. The molecule has 3 saturated carbocycles. The smallest absolute Gasteiger partial charge is 0.285 e. The van der Waals surface area contributed by atoms with Crippen molar-refractivity contribution in [2.45, 2.75) is 75.8 Å². The van der Waals surface area contributed by atoms with Gasteiger partial charge in [-0.15, -0.1) is 5.10 Å². The number of aromatic nitrogens is 4. The monoisotopic (exact) mass is 633 g/mol. The minimum Gasteiger partial charge on any atom is -0.505 e. The number of nitrogens with zero attached hydrogens (tertiary/aromatic N) is 5. The van der Waals surface area contributed by atoms with Gasteiger partial charge in [-0.25, -0.2) is 19.4 Å². The molecule has 0 radical (unpaired) electrons. The number of fused-ring (bicyclic) bond motifs is 7. The number of nitrogens with one attached hydrogen (secondary N) is 2. The number of amides is 1. The Bertz CT molecular complexity index is 1780. The highest BCUT2D eigenvalue weighted by Crippen LogP contribution is 2.93. The summed E-state index contributed by atoms with van der Waals surface area (Å²) in [5.74, 6) is 1.46. The number of rotatable bonds is 5. The summed E-state index contributed by atoms with van der Waals surface area (Å²) in [6.45, 7) is 6.13. The molecule has 1 saturated heterocycles. The molecule has 12 nitrogen and oxygen atoms in total. The number of pyridine rings is 2. The Hall–Kier alpha value is -3.87. The number of aromatic hydroxyl groups is 1. The van der Waals surface area contributed by atoms with E-state index >= 15 is 0 Å². The molecule has 2 aliphatic heterocycles. The zero-order valence-electron chi connectivity index (χ0n) is 25.6. The Morgan fingerprint density at radius 1 is 1.07 bits per heavy atom. The van der Waals surface area contributed by atoms with Crippen molar-refractivity contribution in [1.29, 1.82) is 0 Å². The maximum absolute atomic E-state index is 13.7. The number of carbonyl (C=O) groups is 1. The molecule has 1 atom stereocenters. The first-order valence-corrected chi connectivity index (χ1v) is 17.5. The van der Waals surface area contributed by atoms with Crippen LogP contribution in [0.3, 0.4) is 0 Å². The minimum atomic E-state index is -4.50. The van der Waals surface area contributed by atoms with Gasteiger partial charge in [-0.2, -0.15) is 8.42 Å². The summed E-state index contributed by atoms with van der Waals surface area (Å²) in [6, 6.07) is 7.82. The molecule has 3 aromatic rings. The molecule has 13 heteroatoms. The van der Waals surface area contributed by atoms with Gasteiger partial charge in [0.25, 0.3) is 15.9 Å². The number of hydrogen-bond acceptors (Lipinski definition) is 10. The highest BCUT2D eigenvalue weighted by Gasteiger charge is 2.85. The van der Waals surface area contributed by atoms with Crippen LogP contribution in [-0.4, -0.2) is 64.4 Å². The van der Waals surface area contributed by atoms with E-state index in [0.717, 1.165) is 31.6 Å². The zero-order chi connectivity index (χ0) is 31.2. The van der Waals surface area contributed by atoms with Gasteiger partial charge in [0.1, 0.15) is 11.6 Å². The predicted octanol–water partition coefficient (Wildman–Crippen LogP) is 4.26. The first kappa shape index (κ1) is 28.6. The van der Waals surface area contributed by atoms with Crippen molar-refractivity contribution in [2.24, 2.45) is 22.7 Å². The van der Waals surface area contributed by atoms with E-state index in [4.69, 9.17) is 9.72 Å². The molecule has 1 amide bonds. The third kappa shape index (κ3) is 4.72. The van der Waals surface area contributed by atoms with Crippen LogP contribution in [0.25, 0.3) is 5.82 Å². The lowest BCUT2D eigenvalue weighted by atomic mass is 9.93. The lowest BCUT2D eigenvalue weighted by molar-refractivity contribution is 0.0981. The van der Waals surface area contributed by atoms with Crippen molar-refractivity contribution >= 4 is 27.6 Å². The summed E-state index contributed by atoms with van der Waals surface area (Å²) in [4.78, 5) is 24.8. The Labute approximate surface area is 262 Å². The molecule has 3 N–H and O–H groups in total. The van der Waals surface area contributed by atoms with E-state index < -0.39 is 26.7 Å². The molecule has 45 heavy (non-hydrogen) atoms. The molecule has 5 heterocycles. The fourth-order valence-electron chi connectivity index (χ4n) is 8.61. The molecule has 4 fully saturated rings. The molecule has 0 aromatic carbocycles.